The first-order valence-electron chi connectivity index (χ1n) is 9.53. The normalized spacial score (nSPS) is 32.5. The van der Waals surface area contributed by atoms with Crippen molar-refractivity contribution in [2.75, 3.05) is 32.7 Å². The van der Waals surface area contributed by atoms with Crippen LogP contribution in [0.15, 0.2) is 0 Å². The Morgan fingerprint density at radius 2 is 1.43 bits per heavy atom. The zero-order valence-electron chi connectivity index (χ0n) is 14.0. The summed E-state index contributed by atoms with van der Waals surface area (Å²) in [6.45, 7) is 4.51. The fourth-order valence-corrected chi connectivity index (χ4v) is 5.07. The van der Waals surface area contributed by atoms with Gasteiger partial charge in [0.15, 0.2) is 0 Å². The Hall–Kier alpha value is -1.10. The fraction of sp³-hybridized carbons (Fsp3) is 0.889. The molecule has 2 atom stereocenters. The summed E-state index contributed by atoms with van der Waals surface area (Å²) in [7, 11) is 0. The van der Waals surface area contributed by atoms with E-state index in [0.29, 0.717) is 23.8 Å². The van der Waals surface area contributed by atoms with Gasteiger partial charge in [0.1, 0.15) is 0 Å². The quantitative estimate of drug-likeness (QED) is 0.833. The van der Waals surface area contributed by atoms with Gasteiger partial charge in [0, 0.05) is 44.1 Å². The minimum Gasteiger partial charge on any atom is -0.342 e. The Labute approximate surface area is 138 Å². The highest BCUT2D eigenvalue weighted by atomic mass is 16.2. The lowest BCUT2D eigenvalue weighted by atomic mass is 9.94. The molecule has 1 saturated carbocycles. The molecule has 0 spiro atoms. The van der Waals surface area contributed by atoms with Crippen molar-refractivity contribution in [1.29, 1.82) is 0 Å². The predicted octanol–water partition coefficient (Wildman–Crippen LogP) is 1.24. The molecule has 1 aliphatic carbocycles. The van der Waals surface area contributed by atoms with Crippen molar-refractivity contribution in [2.24, 2.45) is 17.8 Å². The van der Waals surface area contributed by atoms with Crippen molar-refractivity contribution in [1.82, 2.24) is 15.1 Å². The molecule has 5 heteroatoms. The molecule has 1 N–H and O–H groups in total. The Kier molecular flexibility index (Phi) is 4.31. The van der Waals surface area contributed by atoms with Crippen molar-refractivity contribution in [3.05, 3.63) is 0 Å². The van der Waals surface area contributed by atoms with Crippen LogP contribution in [0.4, 0.5) is 0 Å². The molecule has 3 heterocycles. The van der Waals surface area contributed by atoms with Crippen molar-refractivity contribution < 1.29 is 9.59 Å². The lowest BCUT2D eigenvalue weighted by Crippen LogP contribution is -2.46. The van der Waals surface area contributed by atoms with Crippen LogP contribution in [0.25, 0.3) is 0 Å². The highest BCUT2D eigenvalue weighted by Crippen LogP contribution is 2.30. The van der Waals surface area contributed by atoms with Crippen LogP contribution < -0.4 is 5.32 Å². The van der Waals surface area contributed by atoms with Crippen LogP contribution in [0.1, 0.15) is 44.9 Å². The summed E-state index contributed by atoms with van der Waals surface area (Å²) in [4.78, 5) is 29.4. The largest absolute Gasteiger partial charge is 0.342 e. The predicted molar refractivity (Wildman–Crippen MR) is 87.7 cm³/mol. The molecule has 0 aromatic rings. The number of likely N-dealkylation sites (tertiary alicyclic amines) is 2. The minimum atomic E-state index is 0.140. The number of piperidine rings is 1. The summed E-state index contributed by atoms with van der Waals surface area (Å²) < 4.78 is 0. The maximum Gasteiger partial charge on any atom is 0.225 e. The monoisotopic (exact) mass is 319 g/mol. The van der Waals surface area contributed by atoms with Crippen LogP contribution in [0.5, 0.6) is 0 Å². The molecule has 3 aliphatic heterocycles. The summed E-state index contributed by atoms with van der Waals surface area (Å²) >= 11 is 0. The second-order valence-electron chi connectivity index (χ2n) is 7.93. The highest BCUT2D eigenvalue weighted by molar-refractivity contribution is 5.81. The van der Waals surface area contributed by atoms with Crippen LogP contribution in [0.2, 0.25) is 0 Å². The van der Waals surface area contributed by atoms with E-state index in [4.69, 9.17) is 0 Å². The molecular weight excluding hydrogens is 290 g/mol. The standard InChI is InChI=1S/C18H29N3O2/c22-17(13-3-1-2-4-13)20-9-6-14(7-10-20)18(23)21-11-15-5-8-19-16(15)12-21/h13-16,19H,1-12H2/t15-,16+/m0/s1. The number of nitrogens with zero attached hydrogens (tertiary/aromatic N) is 2. The smallest absolute Gasteiger partial charge is 0.225 e. The van der Waals surface area contributed by atoms with Gasteiger partial charge >= 0.3 is 0 Å². The molecule has 2 amide bonds. The number of hydrogen-bond acceptors (Lipinski definition) is 3. The van der Waals surface area contributed by atoms with Gasteiger partial charge in [0.05, 0.1) is 0 Å². The van der Waals surface area contributed by atoms with Gasteiger partial charge in [-0.1, -0.05) is 12.8 Å². The van der Waals surface area contributed by atoms with Crippen molar-refractivity contribution in [2.45, 2.75) is 51.0 Å². The highest BCUT2D eigenvalue weighted by Gasteiger charge is 2.40. The maximum absolute atomic E-state index is 12.8. The molecule has 0 bridgehead atoms. The van der Waals surface area contributed by atoms with Crippen LogP contribution in [-0.2, 0) is 9.59 Å². The number of carbonyl (C=O) groups excluding carboxylic acids is 2. The van der Waals surface area contributed by atoms with Gasteiger partial charge in [-0.15, -0.1) is 0 Å². The van der Waals surface area contributed by atoms with E-state index in [0.717, 1.165) is 58.4 Å². The zero-order valence-corrected chi connectivity index (χ0v) is 14.0. The molecule has 0 unspecified atom stereocenters. The lowest BCUT2D eigenvalue weighted by molar-refractivity contribution is -0.142. The lowest BCUT2D eigenvalue weighted by Gasteiger charge is -2.34. The average Bonchev–Trinajstić information content (AvgIpc) is 3.29. The third kappa shape index (κ3) is 3.00. The van der Waals surface area contributed by atoms with Crippen LogP contribution in [-0.4, -0.2) is 60.4 Å². The van der Waals surface area contributed by atoms with E-state index in [1.54, 1.807) is 0 Å². The van der Waals surface area contributed by atoms with Gasteiger partial charge in [-0.25, -0.2) is 0 Å². The van der Waals surface area contributed by atoms with Gasteiger partial charge in [0.25, 0.3) is 0 Å². The van der Waals surface area contributed by atoms with Gasteiger partial charge in [0.2, 0.25) is 11.8 Å². The molecule has 0 aromatic heterocycles. The SMILES string of the molecule is O=C(C1CCCC1)N1CCC(C(=O)N2C[C@@H]3CCN[C@@H]3C2)CC1. The summed E-state index contributed by atoms with van der Waals surface area (Å²) in [6, 6.07) is 0.531. The molecule has 3 saturated heterocycles. The van der Waals surface area contributed by atoms with E-state index in [1.807, 2.05) is 4.90 Å². The number of nitrogens with one attached hydrogen (secondary N) is 1. The number of fused-ring (bicyclic) bond motifs is 1. The first-order valence-corrected chi connectivity index (χ1v) is 9.53. The molecule has 5 nitrogen and oxygen atoms in total. The summed E-state index contributed by atoms with van der Waals surface area (Å²) in [6.07, 6.45) is 7.48. The minimum absolute atomic E-state index is 0.140. The third-order valence-electron chi connectivity index (χ3n) is 6.53. The first-order chi connectivity index (χ1) is 11.2. The summed E-state index contributed by atoms with van der Waals surface area (Å²) in [5.74, 6) is 1.78. The zero-order chi connectivity index (χ0) is 15.8. The van der Waals surface area contributed by atoms with Crippen LogP contribution in [0, 0.1) is 17.8 Å². The fourth-order valence-electron chi connectivity index (χ4n) is 5.07. The number of hydrogen-bond donors (Lipinski definition) is 1. The summed E-state index contributed by atoms with van der Waals surface area (Å²) in [5.41, 5.74) is 0. The topological polar surface area (TPSA) is 52.7 Å². The molecule has 128 valence electrons. The van der Waals surface area contributed by atoms with Gasteiger partial charge in [-0.05, 0) is 44.6 Å². The van der Waals surface area contributed by atoms with E-state index >= 15 is 0 Å². The molecule has 0 aromatic carbocycles. The van der Waals surface area contributed by atoms with Crippen molar-refractivity contribution in [3.8, 4) is 0 Å². The molecule has 0 radical (unpaired) electrons. The molecule has 23 heavy (non-hydrogen) atoms. The average molecular weight is 319 g/mol. The van der Waals surface area contributed by atoms with E-state index in [1.165, 1.54) is 19.3 Å². The van der Waals surface area contributed by atoms with E-state index < -0.39 is 0 Å². The first kappa shape index (κ1) is 15.4. The third-order valence-corrected chi connectivity index (χ3v) is 6.53. The molecule has 4 rings (SSSR count). The van der Waals surface area contributed by atoms with Crippen LogP contribution in [0.3, 0.4) is 0 Å². The Balaban J connectivity index is 1.27. The van der Waals surface area contributed by atoms with Crippen molar-refractivity contribution in [3.63, 3.8) is 0 Å². The number of rotatable bonds is 2. The van der Waals surface area contributed by atoms with Gasteiger partial charge < -0.3 is 15.1 Å². The second kappa shape index (κ2) is 6.42. The number of carbonyl (C=O) groups is 2. The summed E-state index contributed by atoms with van der Waals surface area (Å²) in [5, 5.41) is 3.51. The van der Waals surface area contributed by atoms with Crippen LogP contribution >= 0.6 is 0 Å². The molecular formula is C18H29N3O2. The molecule has 4 fully saturated rings. The van der Waals surface area contributed by atoms with Crippen molar-refractivity contribution >= 4 is 11.8 Å². The van der Waals surface area contributed by atoms with E-state index in [9.17, 15) is 9.59 Å². The Morgan fingerprint density at radius 3 is 2.13 bits per heavy atom. The second-order valence-corrected chi connectivity index (χ2v) is 7.93. The number of amides is 2. The van der Waals surface area contributed by atoms with Gasteiger partial charge in [-0.3, -0.25) is 9.59 Å². The van der Waals surface area contributed by atoms with E-state index in [2.05, 4.69) is 10.2 Å². The Morgan fingerprint density at radius 1 is 0.783 bits per heavy atom. The Bertz CT molecular complexity index is 455. The molecule has 4 aliphatic rings. The maximum atomic E-state index is 12.8. The van der Waals surface area contributed by atoms with Gasteiger partial charge in [-0.2, -0.15) is 0 Å². The van der Waals surface area contributed by atoms with E-state index in [-0.39, 0.29) is 11.8 Å².